The average Bonchev–Trinajstić information content (AvgIpc) is 2.74. The summed E-state index contributed by atoms with van der Waals surface area (Å²) < 4.78 is 10.2. The van der Waals surface area contributed by atoms with E-state index in [-0.39, 0.29) is 5.78 Å². The minimum Gasteiger partial charge on any atom is -0.494 e. The van der Waals surface area contributed by atoms with Gasteiger partial charge < -0.3 is 9.15 Å². The largest absolute Gasteiger partial charge is 0.494 e. The molecule has 0 amide bonds. The molecule has 0 aliphatic rings. The summed E-state index contributed by atoms with van der Waals surface area (Å²) in [6, 6.07) is 5.05. The number of ketones is 1. The van der Waals surface area contributed by atoms with Gasteiger partial charge in [-0.3, -0.25) is 4.79 Å². The Bertz CT molecular complexity index is 516. The van der Waals surface area contributed by atoms with Crippen molar-refractivity contribution in [3.8, 4) is 5.75 Å². The van der Waals surface area contributed by atoms with Crippen molar-refractivity contribution in [3.63, 3.8) is 0 Å². The van der Waals surface area contributed by atoms with Gasteiger partial charge >= 0.3 is 0 Å². The molecule has 0 bridgehead atoms. The quantitative estimate of drug-likeness (QED) is 0.740. The molecule has 0 saturated heterocycles. The Hall–Kier alpha value is -2.10. The maximum atomic E-state index is 12.1. The third-order valence-corrected chi connectivity index (χ3v) is 2.31. The van der Waals surface area contributed by atoms with Crippen LogP contribution in [0.5, 0.6) is 5.75 Å². The maximum absolute atomic E-state index is 12.1. The summed E-state index contributed by atoms with van der Waals surface area (Å²) in [5.74, 6) is 0.856. The second kappa shape index (κ2) is 4.18. The number of nitrogens with zero attached hydrogens (tertiary/aromatic N) is 1. The lowest BCUT2D eigenvalue weighted by Crippen LogP contribution is -2.06. The molecular formula is C12H11NO3. The van der Waals surface area contributed by atoms with Crippen molar-refractivity contribution in [1.29, 1.82) is 0 Å². The number of hydrogen-bond donors (Lipinski definition) is 0. The van der Waals surface area contributed by atoms with E-state index in [9.17, 15) is 4.79 Å². The molecule has 4 heteroatoms. The van der Waals surface area contributed by atoms with Crippen LogP contribution in [-0.2, 0) is 0 Å². The van der Waals surface area contributed by atoms with Gasteiger partial charge in [-0.1, -0.05) is 0 Å². The lowest BCUT2D eigenvalue weighted by atomic mass is 10.1. The first-order chi connectivity index (χ1) is 7.74. The zero-order chi connectivity index (χ0) is 11.5. The van der Waals surface area contributed by atoms with Crippen molar-refractivity contribution >= 4 is 5.78 Å². The predicted molar refractivity (Wildman–Crippen MR) is 57.7 cm³/mol. The van der Waals surface area contributed by atoms with Gasteiger partial charge in [0.05, 0.1) is 18.9 Å². The molecule has 0 unspecified atom stereocenters. The molecule has 0 aromatic carbocycles. The van der Waals surface area contributed by atoms with Gasteiger partial charge in [-0.25, -0.2) is 4.98 Å². The van der Waals surface area contributed by atoms with Gasteiger partial charge in [-0.05, 0) is 25.1 Å². The molecule has 0 N–H and O–H groups in total. The number of ether oxygens (including phenoxy) is 1. The minimum absolute atomic E-state index is 0.191. The summed E-state index contributed by atoms with van der Waals surface area (Å²) in [5.41, 5.74) is 0.812. The lowest BCUT2D eigenvalue weighted by Gasteiger charge is -2.04. The van der Waals surface area contributed by atoms with Gasteiger partial charge in [0.1, 0.15) is 11.5 Å². The molecule has 0 spiro atoms. The summed E-state index contributed by atoms with van der Waals surface area (Å²) in [6.07, 6.45) is 3.04. The Morgan fingerprint density at radius 1 is 1.44 bits per heavy atom. The summed E-state index contributed by atoms with van der Waals surface area (Å²) in [5, 5.41) is 0. The molecule has 2 aromatic heterocycles. The van der Waals surface area contributed by atoms with Crippen molar-refractivity contribution in [2.75, 3.05) is 7.11 Å². The third-order valence-electron chi connectivity index (χ3n) is 2.31. The van der Waals surface area contributed by atoms with Crippen LogP contribution < -0.4 is 4.74 Å². The highest BCUT2D eigenvalue weighted by molar-refractivity contribution is 6.09. The Balaban J connectivity index is 2.46. The standard InChI is InChI=1S/C12H11NO3/c1-8-9(5-7-16-8)12(14)11-10(15-2)4-3-6-13-11/h3-7H,1-2H3. The number of aryl methyl sites for hydroxylation is 1. The van der Waals surface area contributed by atoms with Gasteiger partial charge in [0.25, 0.3) is 0 Å². The van der Waals surface area contributed by atoms with Crippen molar-refractivity contribution in [2.45, 2.75) is 6.92 Å². The van der Waals surface area contributed by atoms with E-state index in [1.807, 2.05) is 0 Å². The Labute approximate surface area is 92.9 Å². The van der Waals surface area contributed by atoms with Crippen LogP contribution in [0.1, 0.15) is 21.8 Å². The van der Waals surface area contributed by atoms with E-state index >= 15 is 0 Å². The van der Waals surface area contributed by atoms with E-state index in [4.69, 9.17) is 9.15 Å². The number of carbonyl (C=O) groups excluding carboxylic acids is 1. The summed E-state index contributed by atoms with van der Waals surface area (Å²) in [6.45, 7) is 1.74. The van der Waals surface area contributed by atoms with E-state index in [1.165, 1.54) is 13.4 Å². The zero-order valence-corrected chi connectivity index (χ0v) is 9.06. The SMILES string of the molecule is COc1cccnc1C(=O)c1ccoc1C. The van der Waals surface area contributed by atoms with Crippen molar-refractivity contribution in [2.24, 2.45) is 0 Å². The number of carbonyl (C=O) groups is 1. The highest BCUT2D eigenvalue weighted by Crippen LogP contribution is 2.20. The van der Waals surface area contributed by atoms with Crippen LogP contribution in [0.4, 0.5) is 0 Å². The van der Waals surface area contributed by atoms with Crippen LogP contribution in [0.25, 0.3) is 0 Å². The molecule has 2 aromatic rings. The second-order valence-electron chi connectivity index (χ2n) is 3.27. The highest BCUT2D eigenvalue weighted by atomic mass is 16.5. The van der Waals surface area contributed by atoms with Crippen LogP contribution in [0.3, 0.4) is 0 Å². The third kappa shape index (κ3) is 1.69. The van der Waals surface area contributed by atoms with Crippen LogP contribution in [0.2, 0.25) is 0 Å². The fourth-order valence-electron chi connectivity index (χ4n) is 1.47. The van der Waals surface area contributed by atoms with Crippen LogP contribution in [0.15, 0.2) is 35.1 Å². The molecule has 16 heavy (non-hydrogen) atoms. The Morgan fingerprint density at radius 2 is 2.25 bits per heavy atom. The van der Waals surface area contributed by atoms with Gasteiger partial charge in [0.15, 0.2) is 5.69 Å². The van der Waals surface area contributed by atoms with E-state index < -0.39 is 0 Å². The Morgan fingerprint density at radius 3 is 2.88 bits per heavy atom. The lowest BCUT2D eigenvalue weighted by molar-refractivity contribution is 0.103. The van der Waals surface area contributed by atoms with Gasteiger partial charge in [0.2, 0.25) is 5.78 Å². The molecule has 0 radical (unpaired) electrons. The minimum atomic E-state index is -0.191. The molecule has 4 nitrogen and oxygen atoms in total. The number of hydrogen-bond acceptors (Lipinski definition) is 4. The molecule has 0 saturated carbocycles. The first-order valence-corrected chi connectivity index (χ1v) is 4.82. The molecule has 2 heterocycles. The molecule has 82 valence electrons. The molecular weight excluding hydrogens is 206 g/mol. The predicted octanol–water partition coefficient (Wildman–Crippen LogP) is 2.22. The Kier molecular flexibility index (Phi) is 2.72. The van der Waals surface area contributed by atoms with Crippen molar-refractivity contribution in [1.82, 2.24) is 4.98 Å². The molecule has 0 fully saturated rings. The maximum Gasteiger partial charge on any atom is 0.218 e. The fourth-order valence-corrected chi connectivity index (χ4v) is 1.47. The van der Waals surface area contributed by atoms with Crippen molar-refractivity contribution < 1.29 is 13.9 Å². The van der Waals surface area contributed by atoms with Gasteiger partial charge in [-0.2, -0.15) is 0 Å². The highest BCUT2D eigenvalue weighted by Gasteiger charge is 2.18. The van der Waals surface area contributed by atoms with Crippen LogP contribution in [0, 0.1) is 6.92 Å². The monoisotopic (exact) mass is 217 g/mol. The number of pyridine rings is 1. The van der Waals surface area contributed by atoms with E-state index in [1.54, 1.807) is 31.3 Å². The average molecular weight is 217 g/mol. The topological polar surface area (TPSA) is 52.3 Å². The van der Waals surface area contributed by atoms with E-state index in [0.717, 1.165) is 0 Å². The molecule has 0 aliphatic heterocycles. The smallest absolute Gasteiger partial charge is 0.218 e. The summed E-state index contributed by atoms with van der Waals surface area (Å²) in [7, 11) is 1.51. The first kappa shape index (κ1) is 10.4. The van der Waals surface area contributed by atoms with Crippen LogP contribution >= 0.6 is 0 Å². The number of aromatic nitrogens is 1. The van der Waals surface area contributed by atoms with E-state index in [2.05, 4.69) is 4.98 Å². The normalized spacial score (nSPS) is 10.1. The van der Waals surface area contributed by atoms with Crippen molar-refractivity contribution in [3.05, 3.63) is 47.7 Å². The fraction of sp³-hybridized carbons (Fsp3) is 0.167. The second-order valence-corrected chi connectivity index (χ2v) is 3.27. The van der Waals surface area contributed by atoms with Gasteiger partial charge in [-0.15, -0.1) is 0 Å². The molecule has 0 aliphatic carbocycles. The van der Waals surface area contributed by atoms with E-state index in [0.29, 0.717) is 22.8 Å². The molecule has 2 rings (SSSR count). The van der Waals surface area contributed by atoms with Crippen LogP contribution in [-0.4, -0.2) is 17.9 Å². The van der Waals surface area contributed by atoms with Gasteiger partial charge in [0, 0.05) is 6.20 Å². The number of methoxy groups -OCH3 is 1. The zero-order valence-electron chi connectivity index (χ0n) is 9.06. The summed E-state index contributed by atoms with van der Waals surface area (Å²) >= 11 is 0. The number of furan rings is 1. The summed E-state index contributed by atoms with van der Waals surface area (Å²) in [4.78, 5) is 16.1. The molecule has 0 atom stereocenters. The number of rotatable bonds is 3. The first-order valence-electron chi connectivity index (χ1n) is 4.82.